The highest BCUT2D eigenvalue weighted by molar-refractivity contribution is 7.71. The Morgan fingerprint density at radius 2 is 2.04 bits per heavy atom. The lowest BCUT2D eigenvalue weighted by Gasteiger charge is -2.16. The number of nitrogens with zero attached hydrogens (tertiary/aromatic N) is 4. The molecule has 0 atom stereocenters. The van der Waals surface area contributed by atoms with E-state index >= 15 is 0 Å². The smallest absolute Gasteiger partial charge is 0.216 e. The Labute approximate surface area is 154 Å². The summed E-state index contributed by atoms with van der Waals surface area (Å²) >= 11 is 7.32. The van der Waals surface area contributed by atoms with E-state index < -0.39 is 0 Å². The first-order chi connectivity index (χ1) is 12.2. The fraction of sp³-hybridized carbons (Fsp3) is 0.222. The van der Waals surface area contributed by atoms with Crippen molar-refractivity contribution in [2.45, 2.75) is 13.2 Å². The van der Waals surface area contributed by atoms with Gasteiger partial charge in [0.1, 0.15) is 5.75 Å². The molecule has 0 radical (unpaired) electrons. The second kappa shape index (κ2) is 6.59. The molecule has 0 unspecified atom stereocenters. The molecule has 0 fully saturated rings. The van der Waals surface area contributed by atoms with E-state index in [-0.39, 0.29) is 0 Å². The van der Waals surface area contributed by atoms with Crippen molar-refractivity contribution in [1.82, 2.24) is 19.1 Å². The molecule has 2 aromatic carbocycles. The fourth-order valence-electron chi connectivity index (χ4n) is 2.94. The molecule has 5 nitrogen and oxygen atoms in total. The Morgan fingerprint density at radius 3 is 2.88 bits per heavy atom. The highest BCUT2D eigenvalue weighted by Crippen LogP contribution is 2.25. The molecular weight excluding hydrogens is 352 g/mol. The van der Waals surface area contributed by atoms with Gasteiger partial charge >= 0.3 is 0 Å². The lowest BCUT2D eigenvalue weighted by atomic mass is 10.2. The quantitative estimate of drug-likeness (QED) is 0.494. The molecule has 0 N–H and O–H groups in total. The predicted molar refractivity (Wildman–Crippen MR) is 104 cm³/mol. The Kier molecular flexibility index (Phi) is 4.29. The molecular formula is C18H18N4OS2. The third-order valence-electron chi connectivity index (χ3n) is 4.08. The van der Waals surface area contributed by atoms with E-state index in [1.54, 1.807) is 18.4 Å². The Hall–Kier alpha value is -2.22. The molecule has 2 heterocycles. The van der Waals surface area contributed by atoms with Crippen molar-refractivity contribution < 1.29 is 4.74 Å². The second-order valence-electron chi connectivity index (χ2n) is 5.98. The van der Waals surface area contributed by atoms with Crippen molar-refractivity contribution in [3.63, 3.8) is 0 Å². The van der Waals surface area contributed by atoms with Crippen LogP contribution in [0.1, 0.15) is 5.56 Å². The number of rotatable bonds is 5. The molecule has 0 aliphatic heterocycles. The number of hydrogen-bond donors (Lipinski definition) is 0. The molecule has 7 heteroatoms. The van der Waals surface area contributed by atoms with Crippen molar-refractivity contribution in [2.24, 2.45) is 0 Å². The van der Waals surface area contributed by atoms with E-state index in [1.165, 1.54) is 10.3 Å². The first kappa shape index (κ1) is 16.3. The molecule has 2 aromatic heterocycles. The van der Waals surface area contributed by atoms with Gasteiger partial charge in [0.05, 0.1) is 24.0 Å². The molecule has 0 saturated heterocycles. The van der Waals surface area contributed by atoms with Crippen molar-refractivity contribution in [1.29, 1.82) is 0 Å². The zero-order chi connectivity index (χ0) is 17.4. The monoisotopic (exact) mass is 370 g/mol. The van der Waals surface area contributed by atoms with Crippen LogP contribution >= 0.6 is 23.6 Å². The van der Waals surface area contributed by atoms with Crippen LogP contribution in [0, 0.1) is 4.77 Å². The van der Waals surface area contributed by atoms with Gasteiger partial charge in [-0.25, -0.2) is 4.68 Å². The highest BCUT2D eigenvalue weighted by atomic mass is 32.1. The largest absolute Gasteiger partial charge is 0.497 e. The summed E-state index contributed by atoms with van der Waals surface area (Å²) in [6.07, 6.45) is 0. The standard InChI is InChI=1S/C18H18N4OS2/c1-20(11-13-6-5-7-14(10-13)23-2)12-21-18(24)22-15-8-3-4-9-16(15)25-17(22)19-21/h3-10H,11-12H2,1-2H3. The lowest BCUT2D eigenvalue weighted by molar-refractivity contribution is 0.244. The first-order valence-corrected chi connectivity index (χ1v) is 9.17. The molecule has 0 aliphatic carbocycles. The highest BCUT2D eigenvalue weighted by Gasteiger charge is 2.12. The fourth-order valence-corrected chi connectivity index (χ4v) is 4.30. The van der Waals surface area contributed by atoms with Gasteiger partial charge in [-0.05, 0) is 49.1 Å². The molecule has 128 valence electrons. The zero-order valence-corrected chi connectivity index (χ0v) is 15.7. The van der Waals surface area contributed by atoms with Crippen LogP contribution in [-0.4, -0.2) is 33.2 Å². The summed E-state index contributed by atoms with van der Waals surface area (Å²) in [6, 6.07) is 16.4. The van der Waals surface area contributed by atoms with E-state index in [1.807, 2.05) is 28.9 Å². The third kappa shape index (κ3) is 3.06. The zero-order valence-electron chi connectivity index (χ0n) is 14.0. The molecule has 0 spiro atoms. The van der Waals surface area contributed by atoms with E-state index in [2.05, 4.69) is 40.6 Å². The topological polar surface area (TPSA) is 34.7 Å². The maximum absolute atomic E-state index is 5.65. The van der Waals surface area contributed by atoms with Crippen LogP contribution in [0.2, 0.25) is 0 Å². The summed E-state index contributed by atoms with van der Waals surface area (Å²) in [5, 5.41) is 4.69. The van der Waals surface area contributed by atoms with E-state index in [0.29, 0.717) is 6.67 Å². The number of aromatic nitrogens is 3. The first-order valence-electron chi connectivity index (χ1n) is 7.94. The van der Waals surface area contributed by atoms with Gasteiger partial charge in [0, 0.05) is 6.54 Å². The summed E-state index contributed by atoms with van der Waals surface area (Å²) in [5.74, 6) is 0.872. The molecule has 25 heavy (non-hydrogen) atoms. The van der Waals surface area contributed by atoms with Crippen LogP contribution in [0.4, 0.5) is 0 Å². The van der Waals surface area contributed by atoms with Crippen LogP contribution in [0.5, 0.6) is 5.75 Å². The van der Waals surface area contributed by atoms with Gasteiger partial charge in [0.2, 0.25) is 9.73 Å². The second-order valence-corrected chi connectivity index (χ2v) is 7.35. The molecule has 0 bridgehead atoms. The van der Waals surface area contributed by atoms with Crippen LogP contribution in [-0.2, 0) is 13.2 Å². The molecule has 4 rings (SSSR count). The maximum Gasteiger partial charge on any atom is 0.216 e. The number of hydrogen-bond acceptors (Lipinski definition) is 5. The molecule has 4 aromatic rings. The number of ether oxygens (including phenoxy) is 1. The average molecular weight is 371 g/mol. The van der Waals surface area contributed by atoms with Gasteiger partial charge in [-0.3, -0.25) is 9.30 Å². The average Bonchev–Trinajstić information content (AvgIpc) is 3.12. The van der Waals surface area contributed by atoms with Gasteiger partial charge in [0.25, 0.3) is 0 Å². The van der Waals surface area contributed by atoms with Crippen molar-refractivity contribution >= 4 is 38.7 Å². The van der Waals surface area contributed by atoms with Crippen LogP contribution < -0.4 is 4.74 Å². The molecule has 0 saturated carbocycles. The van der Waals surface area contributed by atoms with Crippen LogP contribution in [0.15, 0.2) is 48.5 Å². The van der Waals surface area contributed by atoms with Gasteiger partial charge in [0.15, 0.2) is 0 Å². The molecule has 0 aliphatic rings. The summed E-state index contributed by atoms with van der Waals surface area (Å²) in [7, 11) is 3.75. The van der Waals surface area contributed by atoms with E-state index in [4.69, 9.17) is 22.1 Å². The number of fused-ring (bicyclic) bond motifs is 3. The Morgan fingerprint density at radius 1 is 1.20 bits per heavy atom. The lowest BCUT2D eigenvalue weighted by Crippen LogP contribution is -2.22. The number of thiazole rings is 1. The summed E-state index contributed by atoms with van der Waals surface area (Å²) in [6.45, 7) is 1.43. The van der Waals surface area contributed by atoms with E-state index in [0.717, 1.165) is 27.5 Å². The molecule has 0 amide bonds. The van der Waals surface area contributed by atoms with Gasteiger partial charge in [-0.2, -0.15) is 0 Å². The van der Waals surface area contributed by atoms with Crippen molar-refractivity contribution in [2.75, 3.05) is 14.2 Å². The summed E-state index contributed by atoms with van der Waals surface area (Å²) in [4.78, 5) is 3.12. The minimum atomic E-state index is 0.638. The Balaban J connectivity index is 1.59. The van der Waals surface area contributed by atoms with Crippen LogP contribution in [0.25, 0.3) is 15.2 Å². The summed E-state index contributed by atoms with van der Waals surface area (Å²) in [5.41, 5.74) is 2.31. The minimum Gasteiger partial charge on any atom is -0.497 e. The van der Waals surface area contributed by atoms with Crippen LogP contribution in [0.3, 0.4) is 0 Å². The maximum atomic E-state index is 5.65. The minimum absolute atomic E-state index is 0.638. The van der Waals surface area contributed by atoms with Crippen molar-refractivity contribution in [3.05, 3.63) is 58.9 Å². The number of para-hydroxylation sites is 1. The number of benzene rings is 2. The Bertz CT molecular complexity index is 1100. The van der Waals surface area contributed by atoms with Gasteiger partial charge in [-0.1, -0.05) is 35.6 Å². The summed E-state index contributed by atoms with van der Waals surface area (Å²) < 4.78 is 11.2. The van der Waals surface area contributed by atoms with Gasteiger partial charge < -0.3 is 4.74 Å². The van der Waals surface area contributed by atoms with Crippen molar-refractivity contribution in [3.8, 4) is 5.75 Å². The third-order valence-corrected chi connectivity index (χ3v) is 5.48. The normalized spacial score (nSPS) is 11.6. The predicted octanol–water partition coefficient (Wildman–Crippen LogP) is 4.18. The number of methoxy groups -OCH3 is 1. The SMILES string of the molecule is COc1cccc(CN(C)Cn2nc3sc4ccccc4n3c2=S)c1. The van der Waals surface area contributed by atoms with E-state index in [9.17, 15) is 0 Å². The van der Waals surface area contributed by atoms with Gasteiger partial charge in [-0.15, -0.1) is 5.10 Å².